The van der Waals surface area contributed by atoms with Crippen LogP contribution in [-0.4, -0.2) is 54.3 Å². The Morgan fingerprint density at radius 1 is 0.875 bits per heavy atom. The fourth-order valence-corrected chi connectivity index (χ4v) is 7.48. The topological polar surface area (TPSA) is 102 Å². The number of sulfone groups is 3. The SMILES string of the molecule is C=CS(=O)(=O)C(S(C)(=O)=O)S(=O)(=O)C=C.[Li]. The normalized spacial score (nSPS) is 12.9. The van der Waals surface area contributed by atoms with Gasteiger partial charge in [0.05, 0.1) is 0 Å². The van der Waals surface area contributed by atoms with E-state index in [9.17, 15) is 25.3 Å². The second-order valence-corrected chi connectivity index (χ2v) is 9.62. The van der Waals surface area contributed by atoms with Gasteiger partial charge in [0.1, 0.15) is 0 Å². The maximum absolute atomic E-state index is 11.2. The average molecular weight is 281 g/mol. The summed E-state index contributed by atoms with van der Waals surface area (Å²) in [5.74, 6) is 0. The Morgan fingerprint density at radius 3 is 1.25 bits per heavy atom. The maximum Gasteiger partial charge on any atom is 0.269 e. The van der Waals surface area contributed by atoms with E-state index in [2.05, 4.69) is 13.2 Å². The molecule has 0 saturated heterocycles. The third kappa shape index (κ3) is 4.07. The number of rotatable bonds is 5. The van der Waals surface area contributed by atoms with Gasteiger partial charge in [-0.3, -0.25) is 0 Å². The van der Waals surface area contributed by atoms with Crippen LogP contribution in [0.5, 0.6) is 0 Å². The molecule has 0 aliphatic rings. The Morgan fingerprint density at radius 2 is 1.12 bits per heavy atom. The third-order valence-corrected chi connectivity index (χ3v) is 9.37. The fraction of sp³-hybridized carbons (Fsp3) is 0.333. The Hall–Kier alpha value is -0.0726. The predicted octanol–water partition coefficient (Wildman–Crippen LogP) is -0.950. The average Bonchev–Trinajstić information content (AvgIpc) is 2.00. The van der Waals surface area contributed by atoms with E-state index in [1.54, 1.807) is 0 Å². The van der Waals surface area contributed by atoms with Crippen LogP contribution in [-0.2, 0) is 29.5 Å². The van der Waals surface area contributed by atoms with Crippen molar-refractivity contribution in [2.45, 2.75) is 3.91 Å². The van der Waals surface area contributed by atoms with Crippen molar-refractivity contribution >= 4 is 48.4 Å². The zero-order valence-electron chi connectivity index (χ0n) is 8.82. The monoisotopic (exact) mass is 281 g/mol. The van der Waals surface area contributed by atoms with Gasteiger partial charge in [0.25, 0.3) is 3.91 Å². The molecule has 0 atom stereocenters. The summed E-state index contributed by atoms with van der Waals surface area (Å²) in [6.07, 6.45) is 0.514. The van der Waals surface area contributed by atoms with Crippen LogP contribution in [0, 0.1) is 0 Å². The first kappa shape index (κ1) is 18.3. The zero-order chi connectivity index (χ0) is 12.5. The summed E-state index contributed by atoms with van der Waals surface area (Å²) in [7, 11) is -13.3. The predicted molar refractivity (Wildman–Crippen MR) is 62.6 cm³/mol. The molecular formula is C6H10LiO6S3. The summed E-state index contributed by atoms with van der Waals surface area (Å²) in [4.78, 5) is 0. The van der Waals surface area contributed by atoms with Gasteiger partial charge in [-0.1, -0.05) is 13.2 Å². The van der Waals surface area contributed by atoms with E-state index in [1.807, 2.05) is 0 Å². The summed E-state index contributed by atoms with van der Waals surface area (Å²) in [5.41, 5.74) is 0. The molecule has 89 valence electrons. The first-order valence-corrected chi connectivity index (χ1v) is 8.58. The molecule has 16 heavy (non-hydrogen) atoms. The van der Waals surface area contributed by atoms with Gasteiger partial charge in [-0.15, -0.1) is 0 Å². The van der Waals surface area contributed by atoms with Gasteiger partial charge in [-0.05, 0) is 0 Å². The van der Waals surface area contributed by atoms with E-state index in [-0.39, 0.29) is 18.9 Å². The van der Waals surface area contributed by atoms with Gasteiger partial charge in [0.2, 0.25) is 19.7 Å². The van der Waals surface area contributed by atoms with Crippen molar-refractivity contribution in [2.75, 3.05) is 6.26 Å². The summed E-state index contributed by atoms with van der Waals surface area (Å²) >= 11 is 0. The van der Waals surface area contributed by atoms with Crippen molar-refractivity contribution < 1.29 is 25.3 Å². The van der Waals surface area contributed by atoms with Crippen LogP contribution in [0.2, 0.25) is 0 Å². The van der Waals surface area contributed by atoms with Crippen molar-refractivity contribution in [3.05, 3.63) is 24.0 Å². The summed E-state index contributed by atoms with van der Waals surface area (Å²) in [6, 6.07) is 0. The van der Waals surface area contributed by atoms with Gasteiger partial charge in [-0.2, -0.15) is 0 Å². The van der Waals surface area contributed by atoms with Crippen LogP contribution >= 0.6 is 0 Å². The molecule has 0 fully saturated rings. The molecule has 0 rings (SSSR count). The van der Waals surface area contributed by atoms with Crippen LogP contribution in [0.1, 0.15) is 0 Å². The molecule has 0 unspecified atom stereocenters. The van der Waals surface area contributed by atoms with E-state index >= 15 is 0 Å². The van der Waals surface area contributed by atoms with Crippen LogP contribution in [0.15, 0.2) is 24.0 Å². The first-order chi connectivity index (χ1) is 6.49. The second kappa shape index (κ2) is 5.51. The van der Waals surface area contributed by atoms with Crippen molar-refractivity contribution in [2.24, 2.45) is 0 Å². The van der Waals surface area contributed by atoms with Crippen LogP contribution in [0.4, 0.5) is 0 Å². The minimum atomic E-state index is -4.47. The molecule has 0 heterocycles. The summed E-state index contributed by atoms with van der Waals surface area (Å²) in [5, 5.41) is 0.583. The molecule has 0 aromatic rings. The van der Waals surface area contributed by atoms with Crippen molar-refractivity contribution in [1.82, 2.24) is 0 Å². The number of hydrogen-bond acceptors (Lipinski definition) is 6. The molecule has 0 aliphatic carbocycles. The molecular weight excluding hydrogens is 271 g/mol. The summed E-state index contributed by atoms with van der Waals surface area (Å²) in [6.45, 7) is 5.73. The first-order valence-electron chi connectivity index (χ1n) is 3.40. The fourth-order valence-electron chi connectivity index (χ4n) is 0.831. The standard InChI is InChI=1S/C6H10O6S3.Li/c1-4-14(9,10)6(13(3,7)8)15(11,12)5-2;/h4-6H,1-2H2,3H3;. The molecule has 6 nitrogen and oxygen atoms in total. The third-order valence-electron chi connectivity index (χ3n) is 1.35. The van der Waals surface area contributed by atoms with Crippen LogP contribution < -0.4 is 0 Å². The largest absolute Gasteiger partial charge is 0.269 e. The smallest absolute Gasteiger partial charge is 0.227 e. The van der Waals surface area contributed by atoms with E-state index in [0.29, 0.717) is 17.1 Å². The number of hydrogen-bond donors (Lipinski definition) is 0. The molecule has 0 bridgehead atoms. The zero-order valence-corrected chi connectivity index (χ0v) is 11.3. The van der Waals surface area contributed by atoms with Crippen LogP contribution in [0.25, 0.3) is 0 Å². The van der Waals surface area contributed by atoms with Crippen molar-refractivity contribution in [3.8, 4) is 0 Å². The Labute approximate surface area is 107 Å². The van der Waals surface area contributed by atoms with Gasteiger partial charge < -0.3 is 0 Å². The van der Waals surface area contributed by atoms with Gasteiger partial charge >= 0.3 is 0 Å². The molecule has 0 N–H and O–H groups in total. The minimum absolute atomic E-state index is 0. The van der Waals surface area contributed by atoms with Gasteiger partial charge in [-0.25, -0.2) is 25.3 Å². The van der Waals surface area contributed by atoms with E-state index in [4.69, 9.17) is 0 Å². The molecule has 0 aromatic carbocycles. The molecule has 0 aliphatic heterocycles. The van der Waals surface area contributed by atoms with E-state index in [0.717, 1.165) is 0 Å². The molecule has 0 saturated carbocycles. The molecule has 0 aromatic heterocycles. The van der Waals surface area contributed by atoms with E-state index in [1.165, 1.54) is 0 Å². The van der Waals surface area contributed by atoms with Gasteiger partial charge in [0, 0.05) is 35.9 Å². The van der Waals surface area contributed by atoms with Gasteiger partial charge in [0.15, 0.2) is 9.84 Å². The Balaban J connectivity index is 0. The second-order valence-electron chi connectivity index (χ2n) is 2.63. The van der Waals surface area contributed by atoms with Crippen LogP contribution in [0.3, 0.4) is 0 Å². The Bertz CT molecular complexity index is 530. The molecule has 10 heteroatoms. The Kier molecular flexibility index (Phi) is 6.30. The summed E-state index contributed by atoms with van der Waals surface area (Å²) < 4.78 is 64.5. The van der Waals surface area contributed by atoms with E-state index < -0.39 is 33.4 Å². The quantitative estimate of drug-likeness (QED) is 0.602. The maximum atomic E-state index is 11.2. The molecule has 1 radical (unpaired) electrons. The minimum Gasteiger partial charge on any atom is -0.227 e. The van der Waals surface area contributed by atoms with Crippen molar-refractivity contribution in [1.29, 1.82) is 0 Å². The molecule has 0 amide bonds. The van der Waals surface area contributed by atoms with Crippen molar-refractivity contribution in [3.63, 3.8) is 0 Å². The molecule has 0 spiro atoms.